The van der Waals surface area contributed by atoms with Gasteiger partial charge in [0.2, 0.25) is 0 Å². The van der Waals surface area contributed by atoms with Crippen molar-refractivity contribution in [1.82, 2.24) is 0 Å². The Bertz CT molecular complexity index is 1060. The van der Waals surface area contributed by atoms with Gasteiger partial charge in [0.05, 0.1) is 0 Å². The molecule has 0 saturated heterocycles. The number of halogens is 1. The highest BCUT2D eigenvalue weighted by molar-refractivity contribution is 14.1. The Morgan fingerprint density at radius 3 is 1.62 bits per heavy atom. The molecular weight excluding hydrogens is 407 g/mol. The fourth-order valence-corrected chi connectivity index (χ4v) is 6.94. The van der Waals surface area contributed by atoms with Crippen molar-refractivity contribution in [3.05, 3.63) is 58.2 Å². The Balaban J connectivity index is 2.12. The maximum atomic E-state index is 2.54. The van der Waals surface area contributed by atoms with E-state index in [-0.39, 0.29) is 0 Å². The first-order valence-corrected chi connectivity index (χ1v) is 9.45. The summed E-state index contributed by atoms with van der Waals surface area (Å²) in [5.74, 6) is 0. The van der Waals surface area contributed by atoms with Crippen molar-refractivity contribution in [3.8, 4) is 0 Å². The molecule has 0 unspecified atom stereocenters. The number of benzene rings is 3. The lowest BCUT2D eigenvalue weighted by Gasteiger charge is -2.00. The smallest absolute Gasteiger partial charge is 0.0380 e. The summed E-state index contributed by atoms with van der Waals surface area (Å²) >= 11 is 6.34. The van der Waals surface area contributed by atoms with Crippen LogP contribution in [-0.4, -0.2) is 0 Å². The monoisotopic (exact) mass is 416 g/mol. The second kappa shape index (κ2) is 4.41. The van der Waals surface area contributed by atoms with Gasteiger partial charge in [-0.25, -0.2) is 0 Å². The molecule has 0 aliphatic rings. The molecule has 0 nitrogen and oxygen atoms in total. The first-order chi connectivity index (χ1) is 10.3. The molecule has 5 rings (SSSR count). The molecule has 2 heterocycles. The second-order valence-corrected chi connectivity index (χ2v) is 8.38. The van der Waals surface area contributed by atoms with Gasteiger partial charge in [0.25, 0.3) is 0 Å². The minimum absolute atomic E-state index is 1.38. The van der Waals surface area contributed by atoms with Gasteiger partial charge in [-0.15, -0.1) is 22.7 Å². The molecule has 21 heavy (non-hydrogen) atoms. The van der Waals surface area contributed by atoms with Gasteiger partial charge in [-0.1, -0.05) is 36.4 Å². The minimum atomic E-state index is 1.38. The van der Waals surface area contributed by atoms with Crippen LogP contribution in [-0.2, 0) is 0 Å². The summed E-state index contributed by atoms with van der Waals surface area (Å²) in [7, 11) is 0. The molecule has 0 radical (unpaired) electrons. The fraction of sp³-hybridized carbons (Fsp3) is 0. The van der Waals surface area contributed by atoms with Crippen molar-refractivity contribution in [2.45, 2.75) is 0 Å². The van der Waals surface area contributed by atoms with E-state index in [1.54, 1.807) is 0 Å². The zero-order valence-electron chi connectivity index (χ0n) is 10.9. The van der Waals surface area contributed by atoms with E-state index in [4.69, 9.17) is 0 Å². The molecule has 0 bridgehead atoms. The lowest BCUT2D eigenvalue weighted by atomic mass is 10.1. The van der Waals surface area contributed by atoms with Crippen LogP contribution in [0.1, 0.15) is 0 Å². The van der Waals surface area contributed by atoms with Crippen LogP contribution in [0.3, 0.4) is 0 Å². The standard InChI is InChI=1S/C18H9IS2/c19-18-16-10-5-1-3-7-12(10)20-14(16)9-15-17(18)11-6-2-4-8-13(11)21-15/h1-9H. The molecule has 0 N–H and O–H groups in total. The van der Waals surface area contributed by atoms with Crippen molar-refractivity contribution in [3.63, 3.8) is 0 Å². The number of thiophene rings is 2. The van der Waals surface area contributed by atoms with Crippen LogP contribution in [0, 0.1) is 3.57 Å². The van der Waals surface area contributed by atoms with Crippen LogP contribution >= 0.6 is 45.3 Å². The summed E-state index contributed by atoms with van der Waals surface area (Å²) < 4.78 is 6.97. The van der Waals surface area contributed by atoms with E-state index in [9.17, 15) is 0 Å². The highest BCUT2D eigenvalue weighted by atomic mass is 127. The van der Waals surface area contributed by atoms with Crippen molar-refractivity contribution in [1.29, 1.82) is 0 Å². The van der Waals surface area contributed by atoms with Gasteiger partial charge in [-0.2, -0.15) is 0 Å². The topological polar surface area (TPSA) is 0 Å². The lowest BCUT2D eigenvalue weighted by molar-refractivity contribution is 1.85. The average Bonchev–Trinajstić information content (AvgIpc) is 3.04. The van der Waals surface area contributed by atoms with Gasteiger partial charge in [0.1, 0.15) is 0 Å². The third-order valence-electron chi connectivity index (χ3n) is 3.95. The van der Waals surface area contributed by atoms with Gasteiger partial charge in [0, 0.05) is 43.9 Å². The quantitative estimate of drug-likeness (QED) is 0.238. The SMILES string of the molecule is Ic1c2c(cc3sc4ccccc4c13)sc1ccccc12. The van der Waals surface area contributed by atoms with E-state index in [1.165, 1.54) is 43.9 Å². The average molecular weight is 416 g/mol. The Labute approximate surface area is 143 Å². The Kier molecular flexibility index (Phi) is 2.60. The normalized spacial score (nSPS) is 12.0. The lowest BCUT2D eigenvalue weighted by Crippen LogP contribution is -1.76. The molecule has 3 aromatic carbocycles. The van der Waals surface area contributed by atoms with Crippen LogP contribution < -0.4 is 0 Å². The highest BCUT2D eigenvalue weighted by Crippen LogP contribution is 2.44. The zero-order chi connectivity index (χ0) is 14.0. The van der Waals surface area contributed by atoms with Crippen molar-refractivity contribution in [2.24, 2.45) is 0 Å². The van der Waals surface area contributed by atoms with E-state index in [1.807, 2.05) is 22.7 Å². The maximum absolute atomic E-state index is 2.54. The van der Waals surface area contributed by atoms with E-state index in [0.29, 0.717) is 0 Å². The summed E-state index contributed by atoms with van der Waals surface area (Å²) in [4.78, 5) is 0. The summed E-state index contributed by atoms with van der Waals surface area (Å²) in [5, 5.41) is 5.62. The van der Waals surface area contributed by atoms with E-state index in [2.05, 4.69) is 77.2 Å². The molecular formula is C18H9IS2. The van der Waals surface area contributed by atoms with E-state index >= 15 is 0 Å². The Hall–Kier alpha value is -1.17. The van der Waals surface area contributed by atoms with E-state index in [0.717, 1.165) is 0 Å². The third kappa shape index (κ3) is 1.65. The molecule has 3 heteroatoms. The first-order valence-electron chi connectivity index (χ1n) is 6.74. The number of fused-ring (bicyclic) bond motifs is 6. The molecule has 5 aromatic rings. The van der Waals surface area contributed by atoms with Gasteiger partial charge in [-0.3, -0.25) is 0 Å². The molecule has 0 spiro atoms. The predicted molar refractivity (Wildman–Crippen MR) is 105 cm³/mol. The molecule has 0 saturated carbocycles. The van der Waals surface area contributed by atoms with Gasteiger partial charge in [-0.05, 0) is 40.8 Å². The predicted octanol–water partition coefficient (Wildman–Crippen LogP) is 7.03. The van der Waals surface area contributed by atoms with Crippen LogP contribution in [0.15, 0.2) is 54.6 Å². The molecule has 0 aliphatic heterocycles. The number of hydrogen-bond acceptors (Lipinski definition) is 2. The van der Waals surface area contributed by atoms with E-state index < -0.39 is 0 Å². The third-order valence-corrected chi connectivity index (χ3v) is 7.26. The molecule has 0 aliphatic carbocycles. The Morgan fingerprint density at radius 1 is 0.619 bits per heavy atom. The van der Waals surface area contributed by atoms with Crippen molar-refractivity contribution in [2.75, 3.05) is 0 Å². The van der Waals surface area contributed by atoms with Crippen molar-refractivity contribution < 1.29 is 0 Å². The molecule has 0 amide bonds. The molecule has 2 aromatic heterocycles. The summed E-state index contributed by atoms with van der Waals surface area (Å²) in [6.45, 7) is 0. The summed E-state index contributed by atoms with van der Waals surface area (Å²) in [6.07, 6.45) is 0. The zero-order valence-corrected chi connectivity index (χ0v) is 14.7. The molecule has 100 valence electrons. The minimum Gasteiger partial charge on any atom is -0.135 e. The largest absolute Gasteiger partial charge is 0.135 e. The fourth-order valence-electron chi connectivity index (χ4n) is 3.03. The van der Waals surface area contributed by atoms with Crippen LogP contribution in [0.4, 0.5) is 0 Å². The van der Waals surface area contributed by atoms with Crippen LogP contribution in [0.25, 0.3) is 40.3 Å². The molecule has 0 atom stereocenters. The summed E-state index contributed by atoms with van der Waals surface area (Å²) in [6, 6.07) is 19.9. The van der Waals surface area contributed by atoms with Gasteiger partial charge < -0.3 is 0 Å². The van der Waals surface area contributed by atoms with Gasteiger partial charge in [0.15, 0.2) is 0 Å². The van der Waals surface area contributed by atoms with Gasteiger partial charge >= 0.3 is 0 Å². The second-order valence-electron chi connectivity index (χ2n) is 5.13. The van der Waals surface area contributed by atoms with Crippen LogP contribution in [0.5, 0.6) is 0 Å². The Morgan fingerprint density at radius 2 is 1.10 bits per heavy atom. The number of rotatable bonds is 0. The van der Waals surface area contributed by atoms with Crippen molar-refractivity contribution >= 4 is 85.6 Å². The van der Waals surface area contributed by atoms with Crippen LogP contribution in [0.2, 0.25) is 0 Å². The first kappa shape index (κ1) is 12.4. The summed E-state index contributed by atoms with van der Waals surface area (Å²) in [5.41, 5.74) is 0. The highest BCUT2D eigenvalue weighted by Gasteiger charge is 2.15. The molecule has 0 fully saturated rings. The number of hydrogen-bond donors (Lipinski definition) is 0. The maximum Gasteiger partial charge on any atom is 0.0380 e.